The van der Waals surface area contributed by atoms with Crippen molar-refractivity contribution >= 4 is 5.91 Å². The van der Waals surface area contributed by atoms with Crippen LogP contribution in [0.3, 0.4) is 0 Å². The molecule has 0 radical (unpaired) electrons. The minimum Gasteiger partial charge on any atom is -0.496 e. The molecule has 1 N–H and O–H groups in total. The Morgan fingerprint density at radius 2 is 1.92 bits per heavy atom. The number of halogens is 1. The van der Waals surface area contributed by atoms with Gasteiger partial charge in [-0.05, 0) is 36.6 Å². The standard InChI is InChI=1S/C20H23FN2O2/c1-25-19-5-3-2-4-16(19)12-22-20(24)14-23(18-10-11-18)13-15-6-8-17(21)9-7-15/h2-9,18H,10-14H2,1H3,(H,22,24). The van der Waals surface area contributed by atoms with E-state index in [2.05, 4.69) is 10.2 Å². The van der Waals surface area contributed by atoms with Gasteiger partial charge < -0.3 is 10.1 Å². The number of methoxy groups -OCH3 is 1. The number of hydrogen-bond acceptors (Lipinski definition) is 3. The van der Waals surface area contributed by atoms with Gasteiger partial charge in [0.05, 0.1) is 13.7 Å². The molecule has 1 aliphatic rings. The molecule has 0 atom stereocenters. The van der Waals surface area contributed by atoms with E-state index in [9.17, 15) is 9.18 Å². The molecular formula is C20H23FN2O2. The Morgan fingerprint density at radius 1 is 1.20 bits per heavy atom. The summed E-state index contributed by atoms with van der Waals surface area (Å²) in [5.74, 6) is 0.518. The van der Waals surface area contributed by atoms with Crippen molar-refractivity contribution in [2.75, 3.05) is 13.7 Å². The second-order valence-electron chi connectivity index (χ2n) is 6.35. The number of nitrogens with one attached hydrogen (secondary N) is 1. The maximum absolute atomic E-state index is 13.0. The van der Waals surface area contributed by atoms with Gasteiger partial charge in [0.25, 0.3) is 0 Å². The predicted molar refractivity (Wildman–Crippen MR) is 94.7 cm³/mol. The largest absolute Gasteiger partial charge is 0.496 e. The van der Waals surface area contributed by atoms with E-state index in [1.165, 1.54) is 12.1 Å². The molecule has 2 aromatic rings. The highest BCUT2D eigenvalue weighted by Gasteiger charge is 2.30. The second kappa shape index (κ2) is 8.12. The smallest absolute Gasteiger partial charge is 0.234 e. The molecule has 0 bridgehead atoms. The summed E-state index contributed by atoms with van der Waals surface area (Å²) < 4.78 is 18.3. The Morgan fingerprint density at radius 3 is 2.60 bits per heavy atom. The van der Waals surface area contributed by atoms with Crippen molar-refractivity contribution in [3.8, 4) is 5.75 Å². The lowest BCUT2D eigenvalue weighted by Gasteiger charge is -2.21. The number of nitrogens with zero attached hydrogens (tertiary/aromatic N) is 1. The highest BCUT2D eigenvalue weighted by atomic mass is 19.1. The van der Waals surface area contributed by atoms with Gasteiger partial charge in [-0.25, -0.2) is 4.39 Å². The van der Waals surface area contributed by atoms with E-state index in [1.807, 2.05) is 24.3 Å². The Labute approximate surface area is 147 Å². The molecule has 0 aromatic heterocycles. The first-order chi connectivity index (χ1) is 12.2. The molecule has 132 valence electrons. The van der Waals surface area contributed by atoms with Crippen LogP contribution in [0.2, 0.25) is 0 Å². The summed E-state index contributed by atoms with van der Waals surface area (Å²) in [6, 6.07) is 14.6. The van der Waals surface area contributed by atoms with Gasteiger partial charge in [-0.1, -0.05) is 30.3 Å². The van der Waals surface area contributed by atoms with Crippen molar-refractivity contribution in [1.82, 2.24) is 10.2 Å². The van der Waals surface area contributed by atoms with Crippen molar-refractivity contribution in [1.29, 1.82) is 0 Å². The zero-order valence-electron chi connectivity index (χ0n) is 14.4. The van der Waals surface area contributed by atoms with Crippen LogP contribution in [-0.2, 0) is 17.9 Å². The number of carbonyl (C=O) groups is 1. The van der Waals surface area contributed by atoms with E-state index in [1.54, 1.807) is 19.2 Å². The Bertz CT molecular complexity index is 714. The van der Waals surface area contributed by atoms with Crippen molar-refractivity contribution in [2.45, 2.75) is 32.0 Å². The molecule has 2 aromatic carbocycles. The molecule has 3 rings (SSSR count). The molecule has 4 nitrogen and oxygen atoms in total. The monoisotopic (exact) mass is 342 g/mol. The van der Waals surface area contributed by atoms with Crippen molar-refractivity contribution in [3.05, 3.63) is 65.5 Å². The van der Waals surface area contributed by atoms with Crippen LogP contribution in [0.15, 0.2) is 48.5 Å². The molecule has 0 aliphatic heterocycles. The van der Waals surface area contributed by atoms with Crippen LogP contribution in [-0.4, -0.2) is 30.5 Å². The molecule has 0 unspecified atom stereocenters. The lowest BCUT2D eigenvalue weighted by Crippen LogP contribution is -2.37. The predicted octanol–water partition coefficient (Wildman–Crippen LogP) is 3.12. The summed E-state index contributed by atoms with van der Waals surface area (Å²) in [6.07, 6.45) is 2.22. The van der Waals surface area contributed by atoms with Gasteiger partial charge in [0.1, 0.15) is 11.6 Å². The SMILES string of the molecule is COc1ccccc1CNC(=O)CN(Cc1ccc(F)cc1)C1CC1. The number of benzene rings is 2. The van der Waals surface area contributed by atoms with Gasteiger partial charge in [0.15, 0.2) is 0 Å². The Hall–Kier alpha value is -2.40. The molecule has 0 spiro atoms. The fourth-order valence-electron chi connectivity index (χ4n) is 2.86. The van der Waals surface area contributed by atoms with E-state index in [4.69, 9.17) is 4.74 Å². The van der Waals surface area contributed by atoms with Crippen molar-refractivity contribution < 1.29 is 13.9 Å². The van der Waals surface area contributed by atoms with Gasteiger partial charge in [0, 0.05) is 24.7 Å². The fraction of sp³-hybridized carbons (Fsp3) is 0.350. The normalized spacial score (nSPS) is 13.7. The van der Waals surface area contributed by atoms with Crippen LogP contribution in [0, 0.1) is 5.82 Å². The van der Waals surface area contributed by atoms with Crippen LogP contribution in [0.1, 0.15) is 24.0 Å². The third-order valence-corrected chi connectivity index (χ3v) is 4.38. The minimum absolute atomic E-state index is 0.0140. The first kappa shape index (κ1) is 17.4. The van der Waals surface area contributed by atoms with E-state index >= 15 is 0 Å². The van der Waals surface area contributed by atoms with Gasteiger partial charge in [-0.15, -0.1) is 0 Å². The highest BCUT2D eigenvalue weighted by Crippen LogP contribution is 2.28. The van der Waals surface area contributed by atoms with Crippen LogP contribution in [0.5, 0.6) is 5.75 Å². The van der Waals surface area contributed by atoms with E-state index in [0.717, 1.165) is 29.7 Å². The van der Waals surface area contributed by atoms with Crippen molar-refractivity contribution in [3.63, 3.8) is 0 Å². The number of ether oxygens (including phenoxy) is 1. The second-order valence-corrected chi connectivity index (χ2v) is 6.35. The van der Waals surface area contributed by atoms with E-state index in [-0.39, 0.29) is 11.7 Å². The molecule has 0 heterocycles. The molecule has 1 aliphatic carbocycles. The molecule has 0 saturated heterocycles. The minimum atomic E-state index is -0.240. The maximum atomic E-state index is 13.0. The molecule has 1 fully saturated rings. The number of carbonyl (C=O) groups excluding carboxylic acids is 1. The summed E-state index contributed by atoms with van der Waals surface area (Å²) in [6.45, 7) is 1.45. The average Bonchev–Trinajstić information content (AvgIpc) is 3.46. The van der Waals surface area contributed by atoms with Crippen LogP contribution >= 0.6 is 0 Å². The lowest BCUT2D eigenvalue weighted by atomic mass is 10.2. The Balaban J connectivity index is 1.55. The molecule has 1 saturated carbocycles. The van der Waals surface area contributed by atoms with Crippen LogP contribution < -0.4 is 10.1 Å². The van der Waals surface area contributed by atoms with Gasteiger partial charge in [0.2, 0.25) is 5.91 Å². The number of amides is 1. The molecule has 25 heavy (non-hydrogen) atoms. The molecule has 5 heteroatoms. The number of rotatable bonds is 8. The van der Waals surface area contributed by atoms with E-state index in [0.29, 0.717) is 25.7 Å². The average molecular weight is 342 g/mol. The van der Waals surface area contributed by atoms with E-state index < -0.39 is 0 Å². The number of hydrogen-bond donors (Lipinski definition) is 1. The summed E-state index contributed by atoms with van der Waals surface area (Å²) in [7, 11) is 1.62. The van der Waals surface area contributed by atoms with Gasteiger partial charge in [-0.3, -0.25) is 9.69 Å². The summed E-state index contributed by atoms with van der Waals surface area (Å²) >= 11 is 0. The third-order valence-electron chi connectivity index (χ3n) is 4.38. The molecule has 1 amide bonds. The number of para-hydroxylation sites is 1. The van der Waals surface area contributed by atoms with Gasteiger partial charge >= 0.3 is 0 Å². The zero-order valence-corrected chi connectivity index (χ0v) is 14.4. The van der Waals surface area contributed by atoms with Crippen molar-refractivity contribution in [2.24, 2.45) is 0 Å². The summed E-state index contributed by atoms with van der Waals surface area (Å²) in [4.78, 5) is 14.5. The fourth-order valence-corrected chi connectivity index (χ4v) is 2.86. The third kappa shape index (κ3) is 5.03. The highest BCUT2D eigenvalue weighted by molar-refractivity contribution is 5.78. The lowest BCUT2D eigenvalue weighted by molar-refractivity contribution is -0.122. The van der Waals surface area contributed by atoms with Gasteiger partial charge in [-0.2, -0.15) is 0 Å². The maximum Gasteiger partial charge on any atom is 0.234 e. The zero-order chi connectivity index (χ0) is 17.6. The summed E-state index contributed by atoms with van der Waals surface area (Å²) in [5.41, 5.74) is 1.97. The van der Waals surface area contributed by atoms with Crippen LogP contribution in [0.4, 0.5) is 4.39 Å². The van der Waals surface area contributed by atoms with Crippen LogP contribution in [0.25, 0.3) is 0 Å². The first-order valence-corrected chi connectivity index (χ1v) is 8.53. The topological polar surface area (TPSA) is 41.6 Å². The first-order valence-electron chi connectivity index (χ1n) is 8.53. The Kier molecular flexibility index (Phi) is 5.66. The molecular weight excluding hydrogens is 319 g/mol. The summed E-state index contributed by atoms with van der Waals surface area (Å²) in [5, 5.41) is 2.96. The quantitative estimate of drug-likeness (QED) is 0.801.